The third-order valence-electron chi connectivity index (χ3n) is 5.11. The number of hydrogen-bond acceptors (Lipinski definition) is 7. The van der Waals surface area contributed by atoms with E-state index in [1.807, 2.05) is 0 Å². The van der Waals surface area contributed by atoms with E-state index in [-0.39, 0.29) is 34.3 Å². The number of nitrogens with zero attached hydrogens (tertiary/aromatic N) is 3. The van der Waals surface area contributed by atoms with Gasteiger partial charge in [-0.2, -0.15) is 0 Å². The Bertz CT molecular complexity index is 1170. The maximum atomic E-state index is 12.6. The molecule has 2 amide bonds. The predicted octanol–water partition coefficient (Wildman–Crippen LogP) is 2.36. The van der Waals surface area contributed by atoms with Crippen molar-refractivity contribution in [1.82, 2.24) is 14.9 Å². The summed E-state index contributed by atoms with van der Waals surface area (Å²) in [6.07, 6.45) is 5.38. The van der Waals surface area contributed by atoms with Crippen LogP contribution in [0, 0.1) is 5.92 Å². The summed E-state index contributed by atoms with van der Waals surface area (Å²) in [5.74, 6) is -0.323. The Morgan fingerprint density at radius 2 is 1.69 bits per heavy atom. The van der Waals surface area contributed by atoms with Crippen LogP contribution in [0.2, 0.25) is 0 Å². The lowest BCUT2D eigenvalue weighted by atomic mass is 9.95. The molecule has 1 aromatic carbocycles. The number of nitrogens with one attached hydrogen (secondary N) is 2. The molecule has 4 rings (SSSR count). The standard InChI is InChI=1S/C21H21N5O5S/c27-19(15-8-12-26(13-9-15)20(28)18-3-1-14-31-18)24-16-4-6-17(7-5-16)32(29,30)25-21-22-10-2-11-23-21/h1-7,10-11,14-15H,8-9,12-13H2,(H,24,27)(H,22,23,25). The van der Waals surface area contributed by atoms with Crippen molar-refractivity contribution in [3.05, 3.63) is 66.9 Å². The zero-order valence-electron chi connectivity index (χ0n) is 17.0. The van der Waals surface area contributed by atoms with Gasteiger partial charge in [0.1, 0.15) is 0 Å². The SMILES string of the molecule is O=C(Nc1ccc(S(=O)(=O)Nc2ncccn2)cc1)C1CCN(C(=O)c2ccco2)CC1. The first-order chi connectivity index (χ1) is 15.4. The molecular formula is C21H21N5O5S. The fourth-order valence-corrected chi connectivity index (χ4v) is 4.35. The zero-order chi connectivity index (χ0) is 22.6. The molecule has 0 spiro atoms. The molecule has 1 aliphatic heterocycles. The number of hydrogen-bond donors (Lipinski definition) is 2. The number of benzene rings is 1. The molecule has 1 saturated heterocycles. The number of likely N-dealkylation sites (tertiary alicyclic amines) is 1. The second kappa shape index (κ2) is 9.18. The van der Waals surface area contributed by atoms with Gasteiger partial charge < -0.3 is 14.6 Å². The van der Waals surface area contributed by atoms with Crippen LogP contribution in [0.3, 0.4) is 0 Å². The fraction of sp³-hybridized carbons (Fsp3) is 0.238. The summed E-state index contributed by atoms with van der Waals surface area (Å²) in [5, 5.41) is 2.81. The van der Waals surface area contributed by atoms with Gasteiger partial charge in [-0.3, -0.25) is 9.59 Å². The first-order valence-corrected chi connectivity index (χ1v) is 11.4. The number of aromatic nitrogens is 2. The largest absolute Gasteiger partial charge is 0.459 e. The van der Waals surface area contributed by atoms with Crippen LogP contribution in [-0.4, -0.2) is 48.2 Å². The number of carbonyl (C=O) groups excluding carboxylic acids is 2. The molecule has 32 heavy (non-hydrogen) atoms. The van der Waals surface area contributed by atoms with Crippen molar-refractivity contribution in [3.63, 3.8) is 0 Å². The molecule has 0 unspecified atom stereocenters. The topological polar surface area (TPSA) is 134 Å². The molecule has 2 aromatic heterocycles. The van der Waals surface area contributed by atoms with Crippen molar-refractivity contribution in [2.45, 2.75) is 17.7 Å². The van der Waals surface area contributed by atoms with Crippen LogP contribution in [0.15, 0.2) is 70.4 Å². The Kier molecular flexibility index (Phi) is 6.17. The van der Waals surface area contributed by atoms with Crippen LogP contribution in [0.1, 0.15) is 23.4 Å². The van der Waals surface area contributed by atoms with Gasteiger partial charge >= 0.3 is 0 Å². The average Bonchev–Trinajstić information content (AvgIpc) is 3.34. The highest BCUT2D eigenvalue weighted by Gasteiger charge is 2.28. The first-order valence-electron chi connectivity index (χ1n) is 9.96. The first kappa shape index (κ1) is 21.5. The van der Waals surface area contributed by atoms with E-state index in [1.165, 1.54) is 42.9 Å². The quantitative estimate of drug-likeness (QED) is 0.583. The van der Waals surface area contributed by atoms with E-state index in [0.29, 0.717) is 31.6 Å². The summed E-state index contributed by atoms with van der Waals surface area (Å²) < 4.78 is 32.3. The normalized spacial score (nSPS) is 14.7. The molecule has 3 aromatic rings. The molecule has 166 valence electrons. The highest BCUT2D eigenvalue weighted by molar-refractivity contribution is 7.92. The molecule has 0 saturated carbocycles. The summed E-state index contributed by atoms with van der Waals surface area (Å²) in [5.41, 5.74) is 0.485. The summed E-state index contributed by atoms with van der Waals surface area (Å²) in [4.78, 5) is 34.3. The lowest BCUT2D eigenvalue weighted by molar-refractivity contribution is -0.121. The highest BCUT2D eigenvalue weighted by Crippen LogP contribution is 2.22. The number of rotatable bonds is 6. The van der Waals surface area contributed by atoms with Gasteiger partial charge in [-0.1, -0.05) is 0 Å². The van der Waals surface area contributed by atoms with Crippen LogP contribution >= 0.6 is 0 Å². The summed E-state index contributed by atoms with van der Waals surface area (Å²) >= 11 is 0. The van der Waals surface area contributed by atoms with E-state index >= 15 is 0 Å². The van der Waals surface area contributed by atoms with Crippen molar-refractivity contribution in [1.29, 1.82) is 0 Å². The van der Waals surface area contributed by atoms with Gasteiger partial charge in [-0.25, -0.2) is 23.1 Å². The van der Waals surface area contributed by atoms with Crippen LogP contribution in [0.4, 0.5) is 11.6 Å². The van der Waals surface area contributed by atoms with E-state index in [1.54, 1.807) is 23.1 Å². The summed E-state index contributed by atoms with van der Waals surface area (Å²) in [7, 11) is -3.84. The Balaban J connectivity index is 1.32. The van der Waals surface area contributed by atoms with Crippen molar-refractivity contribution in [2.24, 2.45) is 5.92 Å². The van der Waals surface area contributed by atoms with Gasteiger partial charge in [0, 0.05) is 37.1 Å². The Hall–Kier alpha value is -3.73. The Morgan fingerprint density at radius 1 is 1.00 bits per heavy atom. The van der Waals surface area contributed by atoms with E-state index in [9.17, 15) is 18.0 Å². The molecule has 2 N–H and O–H groups in total. The third kappa shape index (κ3) is 4.94. The van der Waals surface area contributed by atoms with Gasteiger partial charge in [0.25, 0.3) is 15.9 Å². The number of amides is 2. The van der Waals surface area contributed by atoms with Gasteiger partial charge in [0.15, 0.2) is 5.76 Å². The smallest absolute Gasteiger partial charge is 0.289 e. The van der Waals surface area contributed by atoms with Crippen LogP contribution < -0.4 is 10.0 Å². The molecule has 0 bridgehead atoms. The molecule has 1 fully saturated rings. The second-order valence-electron chi connectivity index (χ2n) is 7.24. The minimum atomic E-state index is -3.84. The van der Waals surface area contributed by atoms with Crippen molar-refractivity contribution >= 4 is 33.5 Å². The third-order valence-corrected chi connectivity index (χ3v) is 6.45. The summed E-state index contributed by atoms with van der Waals surface area (Å²) in [6, 6.07) is 10.7. The number of piperidine rings is 1. The molecule has 0 atom stereocenters. The molecule has 10 nitrogen and oxygen atoms in total. The van der Waals surface area contributed by atoms with Gasteiger partial charge in [-0.15, -0.1) is 0 Å². The molecule has 11 heteroatoms. The van der Waals surface area contributed by atoms with E-state index in [0.717, 1.165) is 0 Å². The highest BCUT2D eigenvalue weighted by atomic mass is 32.2. The minimum Gasteiger partial charge on any atom is -0.459 e. The van der Waals surface area contributed by atoms with Crippen LogP contribution in [0.5, 0.6) is 0 Å². The maximum absolute atomic E-state index is 12.6. The van der Waals surface area contributed by atoms with Gasteiger partial charge in [-0.05, 0) is 55.3 Å². The molecule has 1 aliphatic rings. The lowest BCUT2D eigenvalue weighted by Crippen LogP contribution is -2.41. The monoisotopic (exact) mass is 455 g/mol. The van der Waals surface area contributed by atoms with E-state index in [2.05, 4.69) is 20.0 Å². The fourth-order valence-electron chi connectivity index (χ4n) is 3.39. The molecule has 0 radical (unpaired) electrons. The van der Waals surface area contributed by atoms with Crippen LogP contribution in [0.25, 0.3) is 0 Å². The Labute approximate surface area is 184 Å². The molecule has 3 heterocycles. The lowest BCUT2D eigenvalue weighted by Gasteiger charge is -2.30. The molecular weight excluding hydrogens is 434 g/mol. The Morgan fingerprint density at radius 3 is 2.31 bits per heavy atom. The van der Waals surface area contributed by atoms with Gasteiger partial charge in [0.05, 0.1) is 11.2 Å². The van der Waals surface area contributed by atoms with E-state index < -0.39 is 10.0 Å². The number of sulfonamides is 1. The van der Waals surface area contributed by atoms with E-state index in [4.69, 9.17) is 4.42 Å². The average molecular weight is 455 g/mol. The van der Waals surface area contributed by atoms with Gasteiger partial charge in [0.2, 0.25) is 11.9 Å². The van der Waals surface area contributed by atoms with Crippen molar-refractivity contribution < 1.29 is 22.4 Å². The van der Waals surface area contributed by atoms with Crippen molar-refractivity contribution in [3.8, 4) is 0 Å². The maximum Gasteiger partial charge on any atom is 0.289 e. The second-order valence-corrected chi connectivity index (χ2v) is 8.92. The van der Waals surface area contributed by atoms with Crippen molar-refractivity contribution in [2.75, 3.05) is 23.1 Å². The molecule has 0 aliphatic carbocycles. The number of furan rings is 1. The number of anilines is 2. The van der Waals surface area contributed by atoms with Crippen LogP contribution in [-0.2, 0) is 14.8 Å². The summed E-state index contributed by atoms with van der Waals surface area (Å²) in [6.45, 7) is 0.921. The minimum absolute atomic E-state index is 0.0210. The predicted molar refractivity (Wildman–Crippen MR) is 115 cm³/mol. The zero-order valence-corrected chi connectivity index (χ0v) is 17.8. The number of carbonyl (C=O) groups is 2.